The van der Waals surface area contributed by atoms with Crippen LogP contribution in [0, 0.1) is 0 Å². The van der Waals surface area contributed by atoms with Gasteiger partial charge in [-0.05, 0) is 25.7 Å². The third kappa shape index (κ3) is 37.0. The molecule has 0 aromatic rings. The number of carboxylic acid groups (broad SMARTS) is 1. The third-order valence-electron chi connectivity index (χ3n) is 9.15. The second-order valence-electron chi connectivity index (χ2n) is 14.1. The minimum absolute atomic E-state index is 0.00960. The Labute approximate surface area is 300 Å². The first-order chi connectivity index (χ1) is 23.9. The Bertz CT molecular complexity index is 737. The van der Waals surface area contributed by atoms with Gasteiger partial charge in [-0.1, -0.05) is 168 Å². The maximum atomic E-state index is 12.4. The van der Waals surface area contributed by atoms with Gasteiger partial charge in [0.15, 0.2) is 6.10 Å². The van der Waals surface area contributed by atoms with E-state index in [1.807, 2.05) is 0 Å². The van der Waals surface area contributed by atoms with E-state index in [1.54, 1.807) is 0 Å². The van der Waals surface area contributed by atoms with Gasteiger partial charge in [-0.25, -0.2) is 0 Å². The summed E-state index contributed by atoms with van der Waals surface area (Å²) < 4.78 is 16.3. The highest BCUT2D eigenvalue weighted by Crippen LogP contribution is 2.15. The van der Waals surface area contributed by atoms with Gasteiger partial charge in [-0.3, -0.25) is 19.2 Å². The monoisotopic (exact) mass is 697 g/mol. The van der Waals surface area contributed by atoms with E-state index in [2.05, 4.69) is 13.8 Å². The second-order valence-corrected chi connectivity index (χ2v) is 14.1. The van der Waals surface area contributed by atoms with Gasteiger partial charge in [-0.15, -0.1) is 0 Å². The van der Waals surface area contributed by atoms with E-state index in [1.165, 1.54) is 128 Å². The Morgan fingerprint density at radius 2 is 0.653 bits per heavy atom. The molecule has 0 aliphatic rings. The first-order valence-corrected chi connectivity index (χ1v) is 20.6. The topological polar surface area (TPSA) is 116 Å². The van der Waals surface area contributed by atoms with Gasteiger partial charge < -0.3 is 19.3 Å². The van der Waals surface area contributed by atoms with E-state index in [0.29, 0.717) is 25.7 Å². The molecule has 49 heavy (non-hydrogen) atoms. The van der Waals surface area contributed by atoms with Crippen LogP contribution in [0.25, 0.3) is 0 Å². The quantitative estimate of drug-likeness (QED) is 0.0385. The fourth-order valence-corrected chi connectivity index (χ4v) is 6.00. The highest BCUT2D eigenvalue weighted by atomic mass is 16.6. The smallest absolute Gasteiger partial charge is 0.306 e. The van der Waals surface area contributed by atoms with Gasteiger partial charge in [0.2, 0.25) is 0 Å². The lowest BCUT2D eigenvalue weighted by atomic mass is 10.0. The zero-order chi connectivity index (χ0) is 36.0. The molecule has 8 nitrogen and oxygen atoms in total. The summed E-state index contributed by atoms with van der Waals surface area (Å²) in [6.07, 6.45) is 32.6. The third-order valence-corrected chi connectivity index (χ3v) is 9.15. The summed E-state index contributed by atoms with van der Waals surface area (Å²) in [7, 11) is 0. The van der Waals surface area contributed by atoms with E-state index in [4.69, 9.17) is 19.3 Å². The molecule has 0 fully saturated rings. The predicted molar refractivity (Wildman–Crippen MR) is 199 cm³/mol. The van der Waals surface area contributed by atoms with Crippen molar-refractivity contribution in [2.45, 2.75) is 225 Å². The van der Waals surface area contributed by atoms with Crippen LogP contribution in [0.15, 0.2) is 0 Å². The first-order valence-electron chi connectivity index (χ1n) is 20.6. The highest BCUT2D eigenvalue weighted by molar-refractivity contribution is 5.71. The molecular formula is C41H76O8. The minimum Gasteiger partial charge on any atom is -0.481 e. The summed E-state index contributed by atoms with van der Waals surface area (Å²) in [6.45, 7) is 4.17. The van der Waals surface area contributed by atoms with Crippen molar-refractivity contribution in [1.29, 1.82) is 0 Å². The zero-order valence-electron chi connectivity index (χ0n) is 31.9. The molecule has 0 aliphatic heterocycles. The molecule has 0 radical (unpaired) electrons. The van der Waals surface area contributed by atoms with E-state index < -0.39 is 18.0 Å². The fraction of sp³-hybridized carbons (Fsp3) is 0.902. The summed E-state index contributed by atoms with van der Waals surface area (Å²) >= 11 is 0. The van der Waals surface area contributed by atoms with Crippen molar-refractivity contribution in [3.05, 3.63) is 0 Å². The van der Waals surface area contributed by atoms with E-state index >= 15 is 0 Å². The van der Waals surface area contributed by atoms with Crippen molar-refractivity contribution in [2.24, 2.45) is 0 Å². The zero-order valence-corrected chi connectivity index (χ0v) is 31.9. The van der Waals surface area contributed by atoms with Gasteiger partial charge in [0.1, 0.15) is 13.2 Å². The Morgan fingerprint density at radius 3 is 0.980 bits per heavy atom. The normalized spacial score (nSPS) is 11.2. The molecule has 0 saturated carbocycles. The molecule has 0 saturated heterocycles. The van der Waals surface area contributed by atoms with Crippen LogP contribution in [-0.4, -0.2) is 48.3 Å². The van der Waals surface area contributed by atoms with Crippen LogP contribution in [0.1, 0.15) is 219 Å². The van der Waals surface area contributed by atoms with Crippen molar-refractivity contribution in [3.8, 4) is 0 Å². The van der Waals surface area contributed by atoms with Crippen molar-refractivity contribution in [2.75, 3.05) is 13.2 Å². The van der Waals surface area contributed by atoms with Gasteiger partial charge in [0.05, 0.1) is 0 Å². The average molecular weight is 697 g/mol. The van der Waals surface area contributed by atoms with Crippen LogP contribution in [-0.2, 0) is 33.4 Å². The molecule has 0 unspecified atom stereocenters. The van der Waals surface area contributed by atoms with Gasteiger partial charge in [0, 0.05) is 25.7 Å². The minimum atomic E-state index is -0.905. The lowest BCUT2D eigenvalue weighted by Crippen LogP contribution is -2.30. The lowest BCUT2D eigenvalue weighted by Gasteiger charge is -2.18. The van der Waals surface area contributed by atoms with Gasteiger partial charge >= 0.3 is 23.9 Å². The molecule has 0 heterocycles. The number of hydrogen-bond acceptors (Lipinski definition) is 7. The maximum Gasteiger partial charge on any atom is 0.306 e. The highest BCUT2D eigenvalue weighted by Gasteiger charge is 2.19. The van der Waals surface area contributed by atoms with Crippen LogP contribution < -0.4 is 0 Å². The molecule has 0 aliphatic carbocycles. The average Bonchev–Trinajstić information content (AvgIpc) is 3.08. The first kappa shape index (κ1) is 46.9. The summed E-state index contributed by atoms with van der Waals surface area (Å²) in [5.41, 5.74) is 0. The number of hydrogen-bond donors (Lipinski definition) is 1. The number of carbonyl (C=O) groups excluding carboxylic acids is 3. The number of esters is 3. The SMILES string of the molecule is CCCCCCCCCCCCCCCC(=O)OCC(COC(=O)CCCCCCCCCCCCCCC)OC(=O)CCCCC(=O)O. The van der Waals surface area contributed by atoms with E-state index in [-0.39, 0.29) is 38.0 Å². The van der Waals surface area contributed by atoms with Crippen molar-refractivity contribution in [1.82, 2.24) is 0 Å². The molecule has 0 amide bonds. The number of carboxylic acids is 1. The van der Waals surface area contributed by atoms with Crippen molar-refractivity contribution in [3.63, 3.8) is 0 Å². The summed E-state index contributed by atoms with van der Waals surface area (Å²) in [6, 6.07) is 0. The van der Waals surface area contributed by atoms with Crippen LogP contribution >= 0.6 is 0 Å². The molecule has 0 aromatic carbocycles. The molecular weight excluding hydrogens is 620 g/mol. The summed E-state index contributed by atoms with van der Waals surface area (Å²) in [5, 5.41) is 8.80. The number of rotatable bonds is 38. The Kier molecular flexibility index (Phi) is 35.5. The molecule has 288 valence electrons. The van der Waals surface area contributed by atoms with Crippen LogP contribution in [0.5, 0.6) is 0 Å². The van der Waals surface area contributed by atoms with Crippen LogP contribution in [0.2, 0.25) is 0 Å². The number of ether oxygens (including phenoxy) is 3. The molecule has 0 atom stereocenters. The van der Waals surface area contributed by atoms with Gasteiger partial charge in [-0.2, -0.15) is 0 Å². The van der Waals surface area contributed by atoms with Crippen molar-refractivity contribution >= 4 is 23.9 Å². The van der Waals surface area contributed by atoms with E-state index in [0.717, 1.165) is 38.5 Å². The Morgan fingerprint density at radius 1 is 0.388 bits per heavy atom. The lowest BCUT2D eigenvalue weighted by molar-refractivity contribution is -0.167. The van der Waals surface area contributed by atoms with Crippen molar-refractivity contribution < 1.29 is 38.5 Å². The number of unbranched alkanes of at least 4 members (excludes halogenated alkanes) is 25. The van der Waals surface area contributed by atoms with Gasteiger partial charge in [0.25, 0.3) is 0 Å². The fourth-order valence-electron chi connectivity index (χ4n) is 6.00. The van der Waals surface area contributed by atoms with E-state index in [9.17, 15) is 19.2 Å². The summed E-state index contributed by atoms with van der Waals surface area (Å²) in [5.74, 6) is -2.11. The predicted octanol–water partition coefficient (Wildman–Crippen LogP) is 11.6. The second kappa shape index (κ2) is 37.1. The molecule has 0 spiro atoms. The molecule has 0 aromatic heterocycles. The maximum absolute atomic E-state index is 12.4. The molecule has 0 bridgehead atoms. The summed E-state index contributed by atoms with van der Waals surface area (Å²) in [4.78, 5) is 47.8. The Hall–Kier alpha value is -2.12. The van der Waals surface area contributed by atoms with Crippen LogP contribution in [0.3, 0.4) is 0 Å². The molecule has 8 heteroatoms. The Balaban J connectivity index is 4.18. The van der Waals surface area contributed by atoms with Crippen LogP contribution in [0.4, 0.5) is 0 Å². The molecule has 0 rings (SSSR count). The number of carbonyl (C=O) groups is 4. The largest absolute Gasteiger partial charge is 0.481 e. The molecule has 1 N–H and O–H groups in total. The standard InChI is InChI=1S/C41H76O8/c1-3-5-7-9-11-13-15-17-19-21-23-25-27-32-39(44)47-35-37(49-41(46)34-30-29-31-38(42)43)36-48-40(45)33-28-26-24-22-20-18-16-14-12-10-8-6-4-2/h37H,3-36H2,1-2H3,(H,42,43). The number of aliphatic carboxylic acids is 1.